The Hall–Kier alpha value is -2.24. The van der Waals surface area contributed by atoms with Crippen molar-refractivity contribution >= 4 is 11.7 Å². The Morgan fingerprint density at radius 3 is 3.18 bits per heavy atom. The van der Waals surface area contributed by atoms with Crippen LogP contribution in [0.3, 0.4) is 0 Å². The van der Waals surface area contributed by atoms with Gasteiger partial charge in [0.15, 0.2) is 0 Å². The summed E-state index contributed by atoms with van der Waals surface area (Å²) in [7, 11) is 0. The van der Waals surface area contributed by atoms with Crippen molar-refractivity contribution in [3.05, 3.63) is 36.4 Å². The standard InChI is InChI=1S/C11H13N5O/c1-3-4-5-12-10(17)9-6-13-11-14-7-15-16(11)8(9)2/h3,6-7H,1,4-5H2,2H3,(H,12,17). The number of aryl methyl sites for hydroxylation is 1. The first-order valence-corrected chi connectivity index (χ1v) is 5.28. The van der Waals surface area contributed by atoms with Crippen molar-refractivity contribution in [2.24, 2.45) is 0 Å². The van der Waals surface area contributed by atoms with Gasteiger partial charge in [-0.2, -0.15) is 10.1 Å². The Morgan fingerprint density at radius 1 is 1.59 bits per heavy atom. The van der Waals surface area contributed by atoms with Crippen molar-refractivity contribution in [2.75, 3.05) is 6.54 Å². The Balaban J connectivity index is 2.25. The van der Waals surface area contributed by atoms with E-state index in [-0.39, 0.29) is 5.91 Å². The number of amides is 1. The molecule has 0 bridgehead atoms. The number of carbonyl (C=O) groups is 1. The van der Waals surface area contributed by atoms with Gasteiger partial charge in [-0.1, -0.05) is 6.08 Å². The van der Waals surface area contributed by atoms with Crippen LogP contribution in [0.5, 0.6) is 0 Å². The van der Waals surface area contributed by atoms with E-state index in [1.165, 1.54) is 12.5 Å². The van der Waals surface area contributed by atoms with Gasteiger partial charge in [-0.05, 0) is 13.3 Å². The zero-order valence-electron chi connectivity index (χ0n) is 9.55. The van der Waals surface area contributed by atoms with Crippen LogP contribution < -0.4 is 5.32 Å². The van der Waals surface area contributed by atoms with Crippen LogP contribution >= 0.6 is 0 Å². The van der Waals surface area contributed by atoms with Crippen LogP contribution in [-0.2, 0) is 0 Å². The molecule has 0 saturated heterocycles. The molecule has 1 N–H and O–H groups in total. The molecule has 0 fully saturated rings. The van der Waals surface area contributed by atoms with Gasteiger partial charge in [-0.3, -0.25) is 4.79 Å². The zero-order chi connectivity index (χ0) is 12.3. The fourth-order valence-corrected chi connectivity index (χ4v) is 1.50. The van der Waals surface area contributed by atoms with Crippen molar-refractivity contribution in [1.29, 1.82) is 0 Å². The molecule has 0 aromatic carbocycles. The molecule has 6 nitrogen and oxygen atoms in total. The first-order valence-electron chi connectivity index (χ1n) is 5.28. The van der Waals surface area contributed by atoms with Gasteiger partial charge in [0.05, 0.1) is 11.3 Å². The highest BCUT2D eigenvalue weighted by atomic mass is 16.1. The monoisotopic (exact) mass is 231 g/mol. The number of nitrogens with one attached hydrogen (secondary N) is 1. The Bertz CT molecular complexity index is 560. The van der Waals surface area contributed by atoms with E-state index in [9.17, 15) is 4.79 Å². The topological polar surface area (TPSA) is 72.2 Å². The summed E-state index contributed by atoms with van der Waals surface area (Å²) in [6, 6.07) is 0. The fourth-order valence-electron chi connectivity index (χ4n) is 1.50. The van der Waals surface area contributed by atoms with E-state index in [4.69, 9.17) is 0 Å². The molecule has 0 aliphatic heterocycles. The molecule has 0 atom stereocenters. The maximum Gasteiger partial charge on any atom is 0.254 e. The minimum Gasteiger partial charge on any atom is -0.352 e. The number of aromatic nitrogens is 4. The average Bonchev–Trinajstić information content (AvgIpc) is 2.78. The molecule has 2 aromatic rings. The molecule has 6 heteroatoms. The lowest BCUT2D eigenvalue weighted by Crippen LogP contribution is -2.25. The zero-order valence-corrected chi connectivity index (χ0v) is 9.55. The second kappa shape index (κ2) is 4.73. The maximum atomic E-state index is 11.9. The number of nitrogens with zero attached hydrogens (tertiary/aromatic N) is 4. The lowest BCUT2D eigenvalue weighted by molar-refractivity contribution is 0.0952. The van der Waals surface area contributed by atoms with Crippen LogP contribution in [0, 0.1) is 6.92 Å². The predicted octanol–water partition coefficient (Wildman–Crippen LogP) is 0.739. The highest BCUT2D eigenvalue weighted by Gasteiger charge is 2.12. The lowest BCUT2D eigenvalue weighted by Gasteiger charge is -2.06. The van der Waals surface area contributed by atoms with Crippen molar-refractivity contribution in [3.8, 4) is 0 Å². The Labute approximate surface area is 98.4 Å². The van der Waals surface area contributed by atoms with E-state index in [2.05, 4.69) is 27.0 Å². The molecule has 1 amide bonds. The molecule has 0 saturated carbocycles. The molecule has 0 aliphatic rings. The van der Waals surface area contributed by atoms with Crippen LogP contribution in [0.25, 0.3) is 5.78 Å². The van der Waals surface area contributed by atoms with Crippen molar-refractivity contribution in [3.63, 3.8) is 0 Å². The highest BCUT2D eigenvalue weighted by molar-refractivity contribution is 5.95. The van der Waals surface area contributed by atoms with E-state index >= 15 is 0 Å². The number of rotatable bonds is 4. The fraction of sp³-hybridized carbons (Fsp3) is 0.273. The summed E-state index contributed by atoms with van der Waals surface area (Å²) in [6.45, 7) is 5.97. The highest BCUT2D eigenvalue weighted by Crippen LogP contribution is 2.07. The van der Waals surface area contributed by atoms with Gasteiger partial charge < -0.3 is 5.32 Å². The summed E-state index contributed by atoms with van der Waals surface area (Å²) in [5.41, 5.74) is 1.23. The molecule has 0 spiro atoms. The van der Waals surface area contributed by atoms with Gasteiger partial charge in [0, 0.05) is 12.7 Å². The lowest BCUT2D eigenvalue weighted by atomic mass is 10.2. The second-order valence-corrected chi connectivity index (χ2v) is 3.56. The molecule has 0 aliphatic carbocycles. The normalized spacial score (nSPS) is 10.4. The minimum absolute atomic E-state index is 0.158. The molecule has 0 unspecified atom stereocenters. The van der Waals surface area contributed by atoms with E-state index < -0.39 is 0 Å². The van der Waals surface area contributed by atoms with Gasteiger partial charge in [0.1, 0.15) is 6.33 Å². The van der Waals surface area contributed by atoms with Crippen LogP contribution in [0.4, 0.5) is 0 Å². The van der Waals surface area contributed by atoms with Gasteiger partial charge in [0.25, 0.3) is 11.7 Å². The Morgan fingerprint density at radius 2 is 2.41 bits per heavy atom. The maximum absolute atomic E-state index is 11.9. The minimum atomic E-state index is -0.158. The summed E-state index contributed by atoms with van der Waals surface area (Å²) in [5.74, 6) is 0.333. The van der Waals surface area contributed by atoms with Gasteiger partial charge in [-0.25, -0.2) is 9.50 Å². The summed E-state index contributed by atoms with van der Waals surface area (Å²) < 4.78 is 1.54. The summed E-state index contributed by atoms with van der Waals surface area (Å²) in [6.07, 6.45) is 5.42. The van der Waals surface area contributed by atoms with Crippen LogP contribution in [0.1, 0.15) is 22.5 Å². The van der Waals surface area contributed by atoms with Crippen molar-refractivity contribution in [2.45, 2.75) is 13.3 Å². The third kappa shape index (κ3) is 2.15. The van der Waals surface area contributed by atoms with E-state index in [1.54, 1.807) is 10.6 Å². The number of hydrogen-bond donors (Lipinski definition) is 1. The molecular formula is C11H13N5O. The van der Waals surface area contributed by atoms with Gasteiger partial charge >= 0.3 is 0 Å². The van der Waals surface area contributed by atoms with Crippen molar-refractivity contribution < 1.29 is 4.79 Å². The van der Waals surface area contributed by atoms with E-state index in [0.717, 1.165) is 12.1 Å². The number of fused-ring (bicyclic) bond motifs is 1. The Kier molecular flexibility index (Phi) is 3.13. The third-order valence-corrected chi connectivity index (χ3v) is 2.43. The van der Waals surface area contributed by atoms with Crippen LogP contribution in [-0.4, -0.2) is 32.0 Å². The number of hydrogen-bond acceptors (Lipinski definition) is 4. The SMILES string of the molecule is C=CCCNC(=O)c1cnc2ncnn2c1C. The first-order chi connectivity index (χ1) is 8.24. The quantitative estimate of drug-likeness (QED) is 0.622. The number of carbonyl (C=O) groups excluding carboxylic acids is 1. The molecule has 2 heterocycles. The third-order valence-electron chi connectivity index (χ3n) is 2.43. The largest absolute Gasteiger partial charge is 0.352 e. The summed E-state index contributed by atoms with van der Waals surface area (Å²) in [4.78, 5) is 19.9. The predicted molar refractivity (Wildman–Crippen MR) is 62.7 cm³/mol. The molecule has 88 valence electrons. The summed E-state index contributed by atoms with van der Waals surface area (Å²) in [5, 5.41) is 6.79. The smallest absolute Gasteiger partial charge is 0.254 e. The van der Waals surface area contributed by atoms with E-state index in [0.29, 0.717) is 17.9 Å². The van der Waals surface area contributed by atoms with Gasteiger partial charge in [-0.15, -0.1) is 6.58 Å². The molecule has 17 heavy (non-hydrogen) atoms. The van der Waals surface area contributed by atoms with Crippen LogP contribution in [0.2, 0.25) is 0 Å². The van der Waals surface area contributed by atoms with E-state index in [1.807, 2.05) is 6.92 Å². The molecule has 2 aromatic heterocycles. The molecular weight excluding hydrogens is 218 g/mol. The molecule has 0 radical (unpaired) electrons. The summed E-state index contributed by atoms with van der Waals surface area (Å²) >= 11 is 0. The van der Waals surface area contributed by atoms with Crippen molar-refractivity contribution in [1.82, 2.24) is 24.9 Å². The second-order valence-electron chi connectivity index (χ2n) is 3.56. The van der Waals surface area contributed by atoms with Gasteiger partial charge in [0.2, 0.25) is 0 Å². The van der Waals surface area contributed by atoms with Crippen LogP contribution in [0.15, 0.2) is 25.2 Å². The first kappa shape index (κ1) is 11.3. The molecule has 2 rings (SSSR count). The average molecular weight is 231 g/mol.